The van der Waals surface area contributed by atoms with Gasteiger partial charge in [-0.25, -0.2) is 9.18 Å². The van der Waals surface area contributed by atoms with Crippen LogP contribution in [-0.2, 0) is 9.59 Å². The van der Waals surface area contributed by atoms with Crippen molar-refractivity contribution in [1.29, 1.82) is 0 Å². The quantitative estimate of drug-likeness (QED) is 0.840. The Morgan fingerprint density at radius 3 is 2.55 bits per heavy atom. The van der Waals surface area contributed by atoms with Gasteiger partial charge in [0.2, 0.25) is 11.6 Å². The Morgan fingerprint density at radius 2 is 2.05 bits per heavy atom. The van der Waals surface area contributed by atoms with Crippen LogP contribution in [0.1, 0.15) is 13.3 Å². The number of likely N-dealkylation sites (tertiary alicyclic amines) is 1. The van der Waals surface area contributed by atoms with Crippen molar-refractivity contribution >= 4 is 23.6 Å². The smallest absolute Gasteiger partial charge is 0.343 e. The Bertz CT molecular complexity index is 565. The minimum Gasteiger partial charge on any atom is -0.497 e. The predicted molar refractivity (Wildman–Crippen MR) is 81.0 cm³/mol. The molecule has 7 heteroatoms. The summed E-state index contributed by atoms with van der Waals surface area (Å²) < 4.78 is 19.1. The largest absolute Gasteiger partial charge is 0.497 e. The highest BCUT2D eigenvalue weighted by molar-refractivity contribution is 8.00. The SMILES string of the molecule is COc1ccc(SC(C)C(=O)N2CCC(F)(C(=O)O)C2)cc1. The summed E-state index contributed by atoms with van der Waals surface area (Å²) in [6, 6.07) is 7.28. The lowest BCUT2D eigenvalue weighted by molar-refractivity contribution is -0.150. The molecule has 1 fully saturated rings. The van der Waals surface area contributed by atoms with Crippen molar-refractivity contribution in [2.24, 2.45) is 0 Å². The zero-order valence-corrected chi connectivity index (χ0v) is 13.2. The van der Waals surface area contributed by atoms with E-state index in [4.69, 9.17) is 9.84 Å². The molecule has 1 aliphatic rings. The van der Waals surface area contributed by atoms with Crippen molar-refractivity contribution in [3.05, 3.63) is 24.3 Å². The van der Waals surface area contributed by atoms with Gasteiger partial charge in [-0.15, -0.1) is 11.8 Å². The second-order valence-corrected chi connectivity index (χ2v) is 6.63. The number of aliphatic carboxylic acids is 1. The number of hydrogen-bond donors (Lipinski definition) is 1. The van der Waals surface area contributed by atoms with Gasteiger partial charge in [0.15, 0.2) is 0 Å². The van der Waals surface area contributed by atoms with E-state index in [2.05, 4.69) is 0 Å². The van der Waals surface area contributed by atoms with Gasteiger partial charge < -0.3 is 14.7 Å². The number of amides is 1. The third-order valence-corrected chi connectivity index (χ3v) is 4.73. The van der Waals surface area contributed by atoms with Crippen LogP contribution in [0.3, 0.4) is 0 Å². The molecule has 1 amide bonds. The highest BCUT2D eigenvalue weighted by Crippen LogP contribution is 2.30. The summed E-state index contributed by atoms with van der Waals surface area (Å²) in [6.07, 6.45) is -0.159. The second kappa shape index (κ2) is 6.56. The van der Waals surface area contributed by atoms with Gasteiger partial charge in [-0.3, -0.25) is 4.79 Å². The van der Waals surface area contributed by atoms with Gasteiger partial charge in [0.25, 0.3) is 0 Å². The summed E-state index contributed by atoms with van der Waals surface area (Å²) in [4.78, 5) is 25.4. The molecular weight excluding hydrogens is 309 g/mol. The van der Waals surface area contributed by atoms with E-state index in [0.717, 1.165) is 10.6 Å². The molecule has 1 N–H and O–H groups in total. The van der Waals surface area contributed by atoms with Gasteiger partial charge in [-0.2, -0.15) is 0 Å². The number of alkyl halides is 1. The van der Waals surface area contributed by atoms with Crippen molar-refractivity contribution in [3.63, 3.8) is 0 Å². The average molecular weight is 327 g/mol. The number of nitrogens with zero attached hydrogens (tertiary/aromatic N) is 1. The van der Waals surface area contributed by atoms with Gasteiger partial charge in [0.05, 0.1) is 18.9 Å². The summed E-state index contributed by atoms with van der Waals surface area (Å²) in [5.74, 6) is -1.02. The van der Waals surface area contributed by atoms with Crippen molar-refractivity contribution in [2.45, 2.75) is 29.2 Å². The zero-order valence-electron chi connectivity index (χ0n) is 12.4. The number of benzene rings is 1. The molecule has 0 aromatic heterocycles. The van der Waals surface area contributed by atoms with Gasteiger partial charge in [-0.1, -0.05) is 0 Å². The van der Waals surface area contributed by atoms with Crippen molar-refractivity contribution < 1.29 is 23.8 Å². The average Bonchev–Trinajstić information content (AvgIpc) is 2.91. The van der Waals surface area contributed by atoms with E-state index in [1.807, 2.05) is 12.1 Å². The van der Waals surface area contributed by atoms with Crippen LogP contribution < -0.4 is 4.74 Å². The molecule has 22 heavy (non-hydrogen) atoms. The van der Waals surface area contributed by atoms with Gasteiger partial charge >= 0.3 is 5.97 Å². The third-order valence-electron chi connectivity index (χ3n) is 3.63. The topological polar surface area (TPSA) is 66.8 Å². The lowest BCUT2D eigenvalue weighted by atomic mass is 10.1. The predicted octanol–water partition coefficient (Wildman–Crippen LogP) is 2.20. The highest BCUT2D eigenvalue weighted by Gasteiger charge is 2.47. The fraction of sp³-hybridized carbons (Fsp3) is 0.467. The van der Waals surface area contributed by atoms with Crippen LogP contribution in [-0.4, -0.2) is 53.0 Å². The maximum Gasteiger partial charge on any atom is 0.343 e. The summed E-state index contributed by atoms with van der Waals surface area (Å²) >= 11 is 1.35. The fourth-order valence-corrected chi connectivity index (χ4v) is 3.25. The number of thioether (sulfide) groups is 1. The first-order valence-electron chi connectivity index (χ1n) is 6.87. The normalized spacial score (nSPS) is 22.4. The van der Waals surface area contributed by atoms with Crippen LogP contribution in [0.25, 0.3) is 0 Å². The number of carboxylic acids is 1. The summed E-state index contributed by atoms with van der Waals surface area (Å²) in [6.45, 7) is 1.49. The van der Waals surface area contributed by atoms with Gasteiger partial charge in [0, 0.05) is 17.9 Å². The van der Waals surface area contributed by atoms with Crippen LogP contribution in [0.4, 0.5) is 4.39 Å². The maximum atomic E-state index is 14.0. The molecule has 1 aromatic rings. The second-order valence-electron chi connectivity index (χ2n) is 5.22. The van der Waals surface area contributed by atoms with Crippen molar-refractivity contribution in [2.75, 3.05) is 20.2 Å². The first-order chi connectivity index (χ1) is 10.4. The van der Waals surface area contributed by atoms with Gasteiger partial charge in [-0.05, 0) is 31.2 Å². The lowest BCUT2D eigenvalue weighted by Crippen LogP contribution is -2.41. The molecule has 2 unspecified atom stereocenters. The number of carbonyl (C=O) groups excluding carboxylic acids is 1. The molecule has 0 radical (unpaired) electrons. The first-order valence-corrected chi connectivity index (χ1v) is 7.75. The molecule has 120 valence electrons. The van der Waals surface area contributed by atoms with E-state index in [9.17, 15) is 14.0 Å². The lowest BCUT2D eigenvalue weighted by Gasteiger charge is -2.21. The number of methoxy groups -OCH3 is 1. The molecule has 1 aromatic carbocycles. The van der Waals surface area contributed by atoms with Crippen LogP contribution in [0.2, 0.25) is 0 Å². The van der Waals surface area contributed by atoms with Crippen LogP contribution in [0.5, 0.6) is 5.75 Å². The number of hydrogen-bond acceptors (Lipinski definition) is 4. The van der Waals surface area contributed by atoms with E-state index >= 15 is 0 Å². The van der Waals surface area contributed by atoms with E-state index in [1.165, 1.54) is 16.7 Å². The van der Waals surface area contributed by atoms with E-state index in [-0.39, 0.29) is 25.4 Å². The number of ether oxygens (including phenoxy) is 1. The number of carbonyl (C=O) groups is 2. The molecular formula is C15H18FNO4S. The molecule has 1 saturated heterocycles. The first kappa shape index (κ1) is 16.6. The number of halogens is 1. The van der Waals surface area contributed by atoms with Crippen LogP contribution >= 0.6 is 11.8 Å². The molecule has 5 nitrogen and oxygen atoms in total. The highest BCUT2D eigenvalue weighted by atomic mass is 32.2. The summed E-state index contributed by atoms with van der Waals surface area (Å²) in [5, 5.41) is 8.45. The zero-order chi connectivity index (χ0) is 16.3. The minimum atomic E-state index is -2.32. The number of carboxylic acid groups (broad SMARTS) is 1. The minimum absolute atomic E-state index is 0.134. The van der Waals surface area contributed by atoms with Crippen molar-refractivity contribution in [1.82, 2.24) is 4.90 Å². The Balaban J connectivity index is 1.96. The molecule has 1 heterocycles. The molecule has 0 spiro atoms. The monoisotopic (exact) mass is 327 g/mol. The Labute approximate surface area is 132 Å². The molecule has 1 aliphatic heterocycles. The molecule has 0 saturated carbocycles. The Hall–Kier alpha value is -1.76. The van der Waals surface area contributed by atoms with E-state index in [1.54, 1.807) is 26.2 Å². The van der Waals surface area contributed by atoms with Gasteiger partial charge in [0.1, 0.15) is 5.75 Å². The molecule has 2 atom stereocenters. The molecule has 0 aliphatic carbocycles. The Morgan fingerprint density at radius 1 is 1.41 bits per heavy atom. The van der Waals surface area contributed by atoms with E-state index in [0.29, 0.717) is 0 Å². The maximum absolute atomic E-state index is 14.0. The van der Waals surface area contributed by atoms with E-state index < -0.39 is 16.9 Å². The number of rotatable bonds is 5. The molecule has 2 rings (SSSR count). The summed E-state index contributed by atoms with van der Waals surface area (Å²) in [7, 11) is 1.58. The third kappa shape index (κ3) is 3.52. The van der Waals surface area contributed by atoms with Crippen LogP contribution in [0.15, 0.2) is 29.2 Å². The van der Waals surface area contributed by atoms with Crippen LogP contribution in [0, 0.1) is 0 Å². The summed E-state index contributed by atoms with van der Waals surface area (Å²) in [5.41, 5.74) is -2.32. The molecule has 0 bridgehead atoms. The Kier molecular flexibility index (Phi) is 4.95. The van der Waals surface area contributed by atoms with Crippen molar-refractivity contribution in [3.8, 4) is 5.75 Å². The fourth-order valence-electron chi connectivity index (χ4n) is 2.30. The standard InChI is InChI=1S/C15H18FNO4S/c1-10(22-12-5-3-11(21-2)4-6-12)13(18)17-8-7-15(16,9-17)14(19)20/h3-6,10H,7-9H2,1-2H3,(H,19,20).